The van der Waals surface area contributed by atoms with Crippen molar-refractivity contribution in [1.82, 2.24) is 19.8 Å². The number of halogens is 6. The second-order valence-electron chi connectivity index (χ2n) is 10.8. The van der Waals surface area contributed by atoms with Crippen LogP contribution in [0.25, 0.3) is 5.69 Å². The molecule has 46 heavy (non-hydrogen) atoms. The molecule has 0 fully saturated rings. The Morgan fingerprint density at radius 2 is 1.67 bits per heavy atom. The van der Waals surface area contributed by atoms with Gasteiger partial charge in [-0.15, -0.1) is 0 Å². The average Bonchev–Trinajstić information content (AvgIpc) is 3.01. The number of anilines is 1. The van der Waals surface area contributed by atoms with E-state index < -0.39 is 35.2 Å². The lowest BCUT2D eigenvalue weighted by atomic mass is 9.98. The number of carbonyl (C=O) groups excluding carboxylic acids is 2. The molecule has 0 aliphatic carbocycles. The zero-order valence-corrected chi connectivity index (χ0v) is 26.2. The summed E-state index contributed by atoms with van der Waals surface area (Å²) in [6, 6.07) is 11.5. The molecule has 2 N–H and O–H groups in total. The molecule has 8 nitrogen and oxygen atoms in total. The molecule has 0 radical (unpaired) electrons. The topological polar surface area (TPSA) is 96.3 Å². The van der Waals surface area contributed by atoms with Gasteiger partial charge >= 0.3 is 6.18 Å². The molecule has 0 bridgehead atoms. The van der Waals surface area contributed by atoms with Gasteiger partial charge in [0.25, 0.3) is 17.4 Å². The van der Waals surface area contributed by atoms with E-state index in [1.807, 2.05) is 0 Å². The maximum Gasteiger partial charge on any atom is 0.416 e. The normalized spacial score (nSPS) is 15.2. The van der Waals surface area contributed by atoms with Crippen LogP contribution in [0.3, 0.4) is 0 Å². The van der Waals surface area contributed by atoms with E-state index in [4.69, 9.17) is 28.2 Å². The summed E-state index contributed by atoms with van der Waals surface area (Å²) < 4.78 is 55.7. The monoisotopic (exact) mass is 675 g/mol. The molecule has 1 aromatic heterocycles. The Hall–Kier alpha value is -4.42. The van der Waals surface area contributed by atoms with Crippen molar-refractivity contribution in [3.8, 4) is 5.69 Å². The molecule has 2 heterocycles. The van der Waals surface area contributed by atoms with Crippen molar-refractivity contribution in [3.05, 3.63) is 120 Å². The molecule has 0 saturated carbocycles. The largest absolute Gasteiger partial charge is 0.416 e. The number of hydrogen-bond donors (Lipinski definition) is 2. The lowest BCUT2D eigenvalue weighted by Crippen LogP contribution is -2.46. The van der Waals surface area contributed by atoms with Gasteiger partial charge in [0.1, 0.15) is 5.82 Å². The highest BCUT2D eigenvalue weighted by atomic mass is 35.5. The molecule has 0 saturated heterocycles. The Morgan fingerprint density at radius 1 is 1.00 bits per heavy atom. The first-order valence-corrected chi connectivity index (χ1v) is 14.8. The zero-order chi connectivity index (χ0) is 33.5. The Morgan fingerprint density at radius 3 is 2.28 bits per heavy atom. The Balaban J connectivity index is 1.58. The highest BCUT2D eigenvalue weighted by Gasteiger charge is 2.34. The minimum Gasteiger partial charge on any atom is -0.355 e. The number of amides is 2. The Labute approximate surface area is 271 Å². The van der Waals surface area contributed by atoms with Gasteiger partial charge in [-0.2, -0.15) is 13.2 Å². The molecule has 5 rings (SSSR count). The molecule has 2 amide bonds. The van der Waals surface area contributed by atoms with Gasteiger partial charge in [-0.3, -0.25) is 14.4 Å². The predicted molar refractivity (Wildman–Crippen MR) is 166 cm³/mol. The number of aromatic nitrogens is 2. The minimum atomic E-state index is -4.73. The van der Waals surface area contributed by atoms with Crippen molar-refractivity contribution in [2.24, 2.45) is 0 Å². The summed E-state index contributed by atoms with van der Waals surface area (Å²) in [5, 5.41) is 5.99. The number of alkyl halides is 3. The molecular weight excluding hydrogens is 649 g/mol. The first-order chi connectivity index (χ1) is 21.7. The zero-order valence-electron chi connectivity index (χ0n) is 24.7. The van der Waals surface area contributed by atoms with Crippen molar-refractivity contribution >= 4 is 41.0 Å². The van der Waals surface area contributed by atoms with E-state index >= 15 is 0 Å². The summed E-state index contributed by atoms with van der Waals surface area (Å²) in [4.78, 5) is 45.9. The van der Waals surface area contributed by atoms with E-state index in [0.717, 1.165) is 12.1 Å². The number of nitrogens with one attached hydrogen (secondary N) is 2. The average molecular weight is 676 g/mol. The first-order valence-electron chi connectivity index (χ1n) is 14.1. The summed E-state index contributed by atoms with van der Waals surface area (Å²) in [5.74, 6) is -1.83. The number of fused-ring (bicyclic) bond motifs is 1. The predicted octanol–water partition coefficient (Wildman–Crippen LogP) is 6.82. The number of nitrogens with zero attached hydrogens (tertiary/aromatic N) is 3. The van der Waals surface area contributed by atoms with Crippen LogP contribution in [0.15, 0.2) is 65.5 Å². The standard InChI is InChI=1S/C32H27Cl2F4N5O3/c1-16-12-23-27(15-42(16)29(45)19-6-11-24(33)25(34)13-19)41-31(40-17(2)22-10-7-20(14-26(22)35)32(36,37)38)43(30(23)46)21-8-4-18(5-9-21)28(44)39-3/h4-11,13-14,16-17H,12,15H2,1-3H3,(H,39,44)(H,40,41)/t16-,17+/m1/s1. The maximum absolute atomic E-state index is 14.9. The molecule has 1 aliphatic rings. The maximum atomic E-state index is 14.9. The number of hydrogen-bond acceptors (Lipinski definition) is 5. The third-order valence-electron chi connectivity index (χ3n) is 7.80. The smallest absolute Gasteiger partial charge is 0.355 e. The van der Waals surface area contributed by atoms with E-state index in [1.165, 1.54) is 42.8 Å². The van der Waals surface area contributed by atoms with Crippen LogP contribution in [-0.4, -0.2) is 39.4 Å². The van der Waals surface area contributed by atoms with Gasteiger partial charge in [0.2, 0.25) is 5.95 Å². The molecule has 2 atom stereocenters. The Kier molecular flexibility index (Phi) is 9.14. The van der Waals surface area contributed by atoms with Gasteiger partial charge < -0.3 is 15.5 Å². The fraction of sp³-hybridized carbons (Fsp3) is 0.250. The molecule has 3 aromatic carbocycles. The van der Waals surface area contributed by atoms with Crippen LogP contribution in [0.1, 0.15) is 63.0 Å². The van der Waals surface area contributed by atoms with Gasteiger partial charge in [-0.1, -0.05) is 29.3 Å². The van der Waals surface area contributed by atoms with Crippen molar-refractivity contribution in [1.29, 1.82) is 0 Å². The summed E-state index contributed by atoms with van der Waals surface area (Å²) in [6.07, 6.45) is -4.57. The van der Waals surface area contributed by atoms with Crippen molar-refractivity contribution in [2.45, 2.75) is 45.1 Å². The third-order valence-corrected chi connectivity index (χ3v) is 8.54. The van der Waals surface area contributed by atoms with Crippen LogP contribution in [0.4, 0.5) is 23.5 Å². The summed E-state index contributed by atoms with van der Waals surface area (Å²) >= 11 is 12.2. The van der Waals surface area contributed by atoms with E-state index in [9.17, 15) is 31.9 Å². The second-order valence-corrected chi connectivity index (χ2v) is 11.7. The highest BCUT2D eigenvalue weighted by molar-refractivity contribution is 6.42. The fourth-order valence-electron chi connectivity index (χ4n) is 5.29. The minimum absolute atomic E-state index is 0.0419. The van der Waals surface area contributed by atoms with Crippen LogP contribution < -0.4 is 16.2 Å². The van der Waals surface area contributed by atoms with Gasteiger partial charge in [-0.25, -0.2) is 13.9 Å². The quantitative estimate of drug-likeness (QED) is 0.219. The second kappa shape index (κ2) is 12.8. The highest BCUT2D eigenvalue weighted by Crippen LogP contribution is 2.33. The van der Waals surface area contributed by atoms with E-state index in [1.54, 1.807) is 30.0 Å². The van der Waals surface area contributed by atoms with Crippen LogP contribution in [0.2, 0.25) is 10.0 Å². The number of rotatable bonds is 6. The molecule has 1 aliphatic heterocycles. The van der Waals surface area contributed by atoms with E-state index in [0.29, 0.717) is 28.4 Å². The van der Waals surface area contributed by atoms with Crippen LogP contribution >= 0.6 is 23.2 Å². The number of benzene rings is 3. The third kappa shape index (κ3) is 6.45. The van der Waals surface area contributed by atoms with Gasteiger partial charge in [0, 0.05) is 35.3 Å². The fourth-order valence-corrected chi connectivity index (χ4v) is 5.59. The van der Waals surface area contributed by atoms with Crippen molar-refractivity contribution in [2.75, 3.05) is 12.4 Å². The van der Waals surface area contributed by atoms with Crippen LogP contribution in [-0.2, 0) is 19.1 Å². The molecule has 240 valence electrons. The molecular formula is C32H27Cl2F4N5O3. The van der Waals surface area contributed by atoms with Gasteiger partial charge in [0.05, 0.1) is 39.6 Å². The summed E-state index contributed by atoms with van der Waals surface area (Å²) in [6.45, 7) is 3.26. The molecule has 0 spiro atoms. The lowest BCUT2D eigenvalue weighted by Gasteiger charge is -2.35. The number of carbonyl (C=O) groups is 2. The van der Waals surface area contributed by atoms with Crippen molar-refractivity contribution in [3.63, 3.8) is 0 Å². The van der Waals surface area contributed by atoms with E-state index in [-0.39, 0.29) is 52.0 Å². The SMILES string of the molecule is CNC(=O)c1ccc(-n2c(N[C@@H](C)c3ccc(C(F)(F)F)cc3F)nc3c(c2=O)C[C@@H](C)N(C(=O)c2ccc(Cl)c(Cl)c2)C3)cc1. The van der Waals surface area contributed by atoms with Crippen LogP contribution in [0, 0.1) is 5.82 Å². The summed E-state index contributed by atoms with van der Waals surface area (Å²) in [7, 11) is 1.48. The van der Waals surface area contributed by atoms with Crippen molar-refractivity contribution < 1.29 is 27.2 Å². The molecule has 4 aromatic rings. The lowest BCUT2D eigenvalue weighted by molar-refractivity contribution is -0.137. The molecule has 0 unspecified atom stereocenters. The van der Waals surface area contributed by atoms with Crippen LogP contribution in [0.5, 0.6) is 0 Å². The Bertz CT molecular complexity index is 1900. The molecule has 14 heteroatoms. The van der Waals surface area contributed by atoms with Gasteiger partial charge in [-0.05, 0) is 74.9 Å². The van der Waals surface area contributed by atoms with Gasteiger partial charge in [0.15, 0.2) is 0 Å². The summed E-state index contributed by atoms with van der Waals surface area (Å²) in [5.41, 5.74) is -0.0963. The van der Waals surface area contributed by atoms with E-state index in [2.05, 4.69) is 10.6 Å². The first kappa shape index (κ1) is 33.0.